The minimum absolute atomic E-state index is 0.0997. The van der Waals surface area contributed by atoms with E-state index >= 15 is 0 Å². The van der Waals surface area contributed by atoms with Gasteiger partial charge in [-0.05, 0) is 50.2 Å². The molecular weight excluding hydrogens is 368 g/mol. The van der Waals surface area contributed by atoms with Crippen LogP contribution in [0.15, 0.2) is 42.5 Å². The largest absolute Gasteiger partial charge is 0.419 e. The number of alkyl halides is 3. The van der Waals surface area contributed by atoms with Gasteiger partial charge in [-0.15, -0.1) is 0 Å². The Hall–Kier alpha value is -2.94. The quantitative estimate of drug-likeness (QED) is 0.475. The van der Waals surface area contributed by atoms with E-state index in [1.807, 2.05) is 0 Å². The molecule has 0 aliphatic carbocycles. The second-order valence-electron chi connectivity index (χ2n) is 5.92. The number of carbonyl (C=O) groups is 2. The van der Waals surface area contributed by atoms with Gasteiger partial charge in [0.15, 0.2) is 0 Å². The zero-order chi connectivity index (χ0) is 20.4. The normalized spacial score (nSPS) is 11.4. The van der Waals surface area contributed by atoms with Gasteiger partial charge in [0.2, 0.25) is 0 Å². The van der Waals surface area contributed by atoms with Crippen LogP contribution >= 0.6 is 0 Å². The smallest absolute Gasteiger partial charge is 0.306 e. The first-order chi connectivity index (χ1) is 12.6. The number of nitrogens with zero attached hydrogens (tertiary/aromatic N) is 1. The van der Waals surface area contributed by atoms with Crippen LogP contribution in [0.2, 0.25) is 0 Å². The summed E-state index contributed by atoms with van der Waals surface area (Å²) in [6, 6.07) is 7.36. The number of hydroxylamine groups is 1. The molecule has 2 rings (SSSR count). The Balaban J connectivity index is 2.46. The summed E-state index contributed by atoms with van der Waals surface area (Å²) in [5.41, 5.74) is -0.429. The Kier molecular flexibility index (Phi) is 5.85. The molecule has 0 heterocycles. The van der Waals surface area contributed by atoms with Crippen LogP contribution in [0.25, 0.3) is 0 Å². The molecule has 9 heteroatoms. The molecule has 5 nitrogen and oxygen atoms in total. The predicted octanol–water partition coefficient (Wildman–Crippen LogP) is 4.02. The van der Waals surface area contributed by atoms with Crippen molar-refractivity contribution >= 4 is 17.5 Å². The molecule has 0 spiro atoms. The van der Waals surface area contributed by atoms with Crippen molar-refractivity contribution in [1.82, 2.24) is 5.48 Å². The zero-order valence-electron chi connectivity index (χ0n) is 14.3. The maximum absolute atomic E-state index is 14.3. The molecule has 0 aromatic heterocycles. The van der Waals surface area contributed by atoms with E-state index in [1.54, 1.807) is 13.8 Å². The van der Waals surface area contributed by atoms with Crippen LogP contribution in [-0.4, -0.2) is 23.1 Å². The van der Waals surface area contributed by atoms with Gasteiger partial charge in [0.1, 0.15) is 5.82 Å². The predicted molar refractivity (Wildman–Crippen MR) is 89.0 cm³/mol. The van der Waals surface area contributed by atoms with Crippen molar-refractivity contribution in [1.29, 1.82) is 0 Å². The minimum atomic E-state index is -4.93. The first-order valence-electron chi connectivity index (χ1n) is 7.81. The van der Waals surface area contributed by atoms with E-state index in [4.69, 9.17) is 5.21 Å². The minimum Gasteiger partial charge on any atom is -0.306 e. The molecule has 0 saturated carbocycles. The van der Waals surface area contributed by atoms with Crippen LogP contribution in [0, 0.1) is 5.82 Å². The van der Waals surface area contributed by atoms with E-state index in [0.717, 1.165) is 17.0 Å². The van der Waals surface area contributed by atoms with Crippen molar-refractivity contribution in [2.75, 3.05) is 4.90 Å². The third kappa shape index (κ3) is 4.25. The molecular formula is C18H16F4N2O3. The Morgan fingerprint density at radius 3 is 2.15 bits per heavy atom. The van der Waals surface area contributed by atoms with Crippen LogP contribution in [0.1, 0.15) is 40.1 Å². The molecule has 2 aromatic rings. The van der Waals surface area contributed by atoms with E-state index < -0.39 is 41.0 Å². The van der Waals surface area contributed by atoms with Gasteiger partial charge in [0.25, 0.3) is 11.8 Å². The highest BCUT2D eigenvalue weighted by Crippen LogP contribution is 2.33. The van der Waals surface area contributed by atoms with Gasteiger partial charge in [-0.25, -0.2) is 9.87 Å². The number of benzene rings is 2. The van der Waals surface area contributed by atoms with E-state index in [9.17, 15) is 27.2 Å². The molecule has 2 aromatic carbocycles. The molecule has 0 bridgehead atoms. The summed E-state index contributed by atoms with van der Waals surface area (Å²) in [6.07, 6.45) is -4.93. The molecule has 0 fully saturated rings. The van der Waals surface area contributed by atoms with Crippen molar-refractivity contribution in [2.24, 2.45) is 0 Å². The first kappa shape index (κ1) is 20.4. The van der Waals surface area contributed by atoms with E-state index in [2.05, 4.69) is 0 Å². The fourth-order valence-corrected chi connectivity index (χ4v) is 2.53. The number of hydrogen-bond acceptors (Lipinski definition) is 3. The van der Waals surface area contributed by atoms with E-state index in [0.29, 0.717) is 6.07 Å². The lowest BCUT2D eigenvalue weighted by molar-refractivity contribution is -0.140. The average molecular weight is 384 g/mol. The monoisotopic (exact) mass is 384 g/mol. The summed E-state index contributed by atoms with van der Waals surface area (Å²) >= 11 is 0. The number of nitrogens with one attached hydrogen (secondary N) is 1. The molecule has 2 amide bonds. The Morgan fingerprint density at radius 2 is 1.67 bits per heavy atom. The summed E-state index contributed by atoms with van der Waals surface area (Å²) < 4.78 is 53.0. The van der Waals surface area contributed by atoms with Gasteiger partial charge in [0, 0.05) is 17.3 Å². The summed E-state index contributed by atoms with van der Waals surface area (Å²) in [4.78, 5) is 25.2. The third-order valence-electron chi connectivity index (χ3n) is 3.78. The summed E-state index contributed by atoms with van der Waals surface area (Å²) in [5, 5.41) is 8.62. The van der Waals surface area contributed by atoms with Crippen LogP contribution in [-0.2, 0) is 6.18 Å². The SMILES string of the molecule is CC(C)N(C(=O)c1cccc(C(F)(F)F)c1F)c1ccc(C(=O)NO)cc1. The van der Waals surface area contributed by atoms with Crippen molar-refractivity contribution in [3.63, 3.8) is 0 Å². The molecule has 27 heavy (non-hydrogen) atoms. The van der Waals surface area contributed by atoms with Gasteiger partial charge in [-0.3, -0.25) is 14.8 Å². The fourth-order valence-electron chi connectivity index (χ4n) is 2.53. The van der Waals surface area contributed by atoms with Gasteiger partial charge in [-0.2, -0.15) is 13.2 Å². The van der Waals surface area contributed by atoms with Crippen molar-refractivity contribution in [3.8, 4) is 0 Å². The number of rotatable bonds is 4. The van der Waals surface area contributed by atoms with Gasteiger partial charge in [-0.1, -0.05) is 6.07 Å². The van der Waals surface area contributed by atoms with E-state index in [1.165, 1.54) is 29.7 Å². The molecule has 2 N–H and O–H groups in total. The molecule has 0 aliphatic rings. The topological polar surface area (TPSA) is 69.6 Å². The number of anilines is 1. The maximum atomic E-state index is 14.3. The summed E-state index contributed by atoms with van der Waals surface area (Å²) in [6.45, 7) is 3.22. The second-order valence-corrected chi connectivity index (χ2v) is 5.92. The Bertz CT molecular complexity index is 849. The highest BCUT2D eigenvalue weighted by atomic mass is 19.4. The Labute approximate surface area is 152 Å². The highest BCUT2D eigenvalue weighted by molar-refractivity contribution is 6.07. The van der Waals surface area contributed by atoms with Gasteiger partial charge in [0.05, 0.1) is 11.1 Å². The lowest BCUT2D eigenvalue weighted by Gasteiger charge is -2.27. The number of halogens is 4. The summed E-state index contributed by atoms with van der Waals surface area (Å²) in [5.74, 6) is -3.36. The summed E-state index contributed by atoms with van der Waals surface area (Å²) in [7, 11) is 0. The average Bonchev–Trinajstić information content (AvgIpc) is 2.60. The maximum Gasteiger partial charge on any atom is 0.419 e. The van der Waals surface area contributed by atoms with Crippen molar-refractivity contribution in [3.05, 3.63) is 65.0 Å². The Morgan fingerprint density at radius 1 is 1.07 bits per heavy atom. The van der Waals surface area contributed by atoms with Gasteiger partial charge < -0.3 is 4.90 Å². The first-order valence-corrected chi connectivity index (χ1v) is 7.81. The highest BCUT2D eigenvalue weighted by Gasteiger charge is 2.36. The molecule has 144 valence electrons. The van der Waals surface area contributed by atoms with E-state index in [-0.39, 0.29) is 11.3 Å². The number of hydrogen-bond donors (Lipinski definition) is 2. The molecule has 0 aliphatic heterocycles. The van der Waals surface area contributed by atoms with Crippen LogP contribution in [0.4, 0.5) is 23.2 Å². The van der Waals surface area contributed by atoms with Crippen molar-refractivity contribution < 1.29 is 32.4 Å². The number of amides is 2. The fraction of sp³-hybridized carbons (Fsp3) is 0.222. The van der Waals surface area contributed by atoms with Crippen LogP contribution in [0.5, 0.6) is 0 Å². The molecule has 0 unspecified atom stereocenters. The standard InChI is InChI=1S/C18H16F4N2O3/c1-10(2)24(12-8-6-11(7-9-12)16(25)23-27)17(26)13-4-3-5-14(15(13)19)18(20,21)22/h3-10,27H,1-2H3,(H,23,25). The van der Waals surface area contributed by atoms with Crippen LogP contribution in [0.3, 0.4) is 0 Å². The lowest BCUT2D eigenvalue weighted by Crippen LogP contribution is -2.37. The number of carbonyl (C=O) groups excluding carboxylic acids is 2. The molecule has 0 atom stereocenters. The third-order valence-corrected chi connectivity index (χ3v) is 3.78. The zero-order valence-corrected chi connectivity index (χ0v) is 14.3. The van der Waals surface area contributed by atoms with Crippen molar-refractivity contribution in [2.45, 2.75) is 26.1 Å². The van der Waals surface area contributed by atoms with Crippen LogP contribution < -0.4 is 10.4 Å². The molecule has 0 radical (unpaired) electrons. The lowest BCUT2D eigenvalue weighted by atomic mass is 10.1. The molecule has 0 saturated heterocycles. The second kappa shape index (κ2) is 7.75. The van der Waals surface area contributed by atoms with Gasteiger partial charge >= 0.3 is 6.18 Å².